The maximum absolute atomic E-state index is 14.6. The van der Waals surface area contributed by atoms with Gasteiger partial charge >= 0.3 is 6.09 Å². The Bertz CT molecular complexity index is 572. The number of methoxy groups -OCH3 is 1. The maximum Gasteiger partial charge on any atom is 0.407 e. The maximum atomic E-state index is 14.6. The predicted molar refractivity (Wildman–Crippen MR) is 90.9 cm³/mol. The molecule has 1 aromatic rings. The Kier molecular flexibility index (Phi) is 5.38. The number of carbonyl (C=O) groups is 1. The lowest BCUT2D eigenvalue weighted by Crippen LogP contribution is -2.66. The van der Waals surface area contributed by atoms with Crippen LogP contribution in [0, 0.1) is 0 Å². The summed E-state index contributed by atoms with van der Waals surface area (Å²) >= 11 is 0. The molecule has 0 spiro atoms. The fourth-order valence-electron chi connectivity index (χ4n) is 3.26. The molecule has 134 valence electrons. The van der Waals surface area contributed by atoms with Crippen molar-refractivity contribution < 1.29 is 18.7 Å². The molecule has 1 fully saturated rings. The minimum Gasteiger partial charge on any atom is -0.497 e. The molecule has 0 aliphatic carbocycles. The number of alkyl halides is 1. The van der Waals surface area contributed by atoms with Crippen molar-refractivity contribution in [2.75, 3.05) is 7.11 Å². The Morgan fingerprint density at radius 1 is 1.29 bits per heavy atom. The lowest BCUT2D eigenvalue weighted by Gasteiger charge is -2.47. The third-order valence-corrected chi connectivity index (χ3v) is 4.24. The van der Waals surface area contributed by atoms with Gasteiger partial charge in [0.2, 0.25) is 0 Å². The molecular weight excluding hydrogens is 311 g/mol. The van der Waals surface area contributed by atoms with Gasteiger partial charge in [0, 0.05) is 24.0 Å². The zero-order chi connectivity index (χ0) is 18.0. The molecule has 1 saturated heterocycles. The summed E-state index contributed by atoms with van der Waals surface area (Å²) in [6, 6.07) is 7.34. The second-order valence-corrected chi connectivity index (χ2v) is 7.48. The summed E-state index contributed by atoms with van der Waals surface area (Å²) in [7, 11) is 1.60. The van der Waals surface area contributed by atoms with Crippen LogP contribution in [-0.2, 0) is 11.3 Å². The van der Waals surface area contributed by atoms with Gasteiger partial charge < -0.3 is 20.1 Å². The first-order chi connectivity index (χ1) is 11.1. The molecule has 0 bridgehead atoms. The second kappa shape index (κ2) is 6.97. The highest BCUT2D eigenvalue weighted by atomic mass is 19.1. The number of halogens is 1. The number of hydrogen-bond acceptors (Lipinski definition) is 4. The average molecular weight is 338 g/mol. The van der Waals surface area contributed by atoms with Gasteiger partial charge in [0.15, 0.2) is 6.17 Å². The standard InChI is InChI=1S/C18H27FN2O3/c1-17(2)10-14(15(19)18(3,4)21-17)24-16(22)20-11-12-6-8-13(23-5)9-7-12/h6-9,14-15,21H,10-11H2,1-5H3,(H,20,22)/t14-,15+/m1/s1. The number of carbonyl (C=O) groups excluding carboxylic acids is 1. The van der Waals surface area contributed by atoms with Crippen LogP contribution in [0.5, 0.6) is 5.75 Å². The number of alkyl carbamates (subject to hydrolysis) is 1. The van der Waals surface area contributed by atoms with Crippen molar-refractivity contribution in [3.8, 4) is 5.75 Å². The number of ether oxygens (including phenoxy) is 2. The average Bonchev–Trinajstić information content (AvgIpc) is 2.49. The Balaban J connectivity index is 1.90. The first kappa shape index (κ1) is 18.5. The van der Waals surface area contributed by atoms with Gasteiger partial charge in [-0.25, -0.2) is 9.18 Å². The van der Waals surface area contributed by atoms with E-state index in [9.17, 15) is 9.18 Å². The van der Waals surface area contributed by atoms with Crippen LogP contribution < -0.4 is 15.4 Å². The number of amides is 1. The van der Waals surface area contributed by atoms with E-state index in [1.54, 1.807) is 21.0 Å². The number of rotatable bonds is 4. The molecule has 0 aromatic heterocycles. The van der Waals surface area contributed by atoms with Gasteiger partial charge in [0.25, 0.3) is 0 Å². The lowest BCUT2D eigenvalue weighted by atomic mass is 9.79. The summed E-state index contributed by atoms with van der Waals surface area (Å²) in [5.74, 6) is 0.751. The van der Waals surface area contributed by atoms with E-state index < -0.39 is 23.9 Å². The van der Waals surface area contributed by atoms with E-state index in [0.717, 1.165) is 11.3 Å². The number of hydrogen-bond donors (Lipinski definition) is 2. The van der Waals surface area contributed by atoms with Crippen molar-refractivity contribution in [3.63, 3.8) is 0 Å². The molecule has 0 radical (unpaired) electrons. The highest BCUT2D eigenvalue weighted by molar-refractivity contribution is 5.67. The molecule has 2 rings (SSSR count). The quantitative estimate of drug-likeness (QED) is 0.885. The van der Waals surface area contributed by atoms with Gasteiger partial charge in [-0.05, 0) is 45.4 Å². The van der Waals surface area contributed by atoms with E-state index in [1.807, 2.05) is 38.1 Å². The third-order valence-electron chi connectivity index (χ3n) is 4.24. The van der Waals surface area contributed by atoms with Crippen molar-refractivity contribution in [3.05, 3.63) is 29.8 Å². The van der Waals surface area contributed by atoms with Crippen LogP contribution >= 0.6 is 0 Å². The van der Waals surface area contributed by atoms with Gasteiger partial charge in [0.05, 0.1) is 7.11 Å². The first-order valence-corrected chi connectivity index (χ1v) is 8.14. The van der Waals surface area contributed by atoms with E-state index in [0.29, 0.717) is 13.0 Å². The van der Waals surface area contributed by atoms with Crippen LogP contribution in [0.1, 0.15) is 39.7 Å². The molecule has 1 heterocycles. The minimum absolute atomic E-state index is 0.299. The summed E-state index contributed by atoms with van der Waals surface area (Å²) in [4.78, 5) is 12.0. The van der Waals surface area contributed by atoms with Crippen LogP contribution in [0.15, 0.2) is 24.3 Å². The summed E-state index contributed by atoms with van der Waals surface area (Å²) in [5.41, 5.74) is -0.133. The smallest absolute Gasteiger partial charge is 0.407 e. The zero-order valence-electron chi connectivity index (χ0n) is 15.0. The molecule has 1 amide bonds. The highest BCUT2D eigenvalue weighted by Gasteiger charge is 2.48. The molecule has 24 heavy (non-hydrogen) atoms. The van der Waals surface area contributed by atoms with Crippen molar-refractivity contribution in [1.29, 1.82) is 0 Å². The van der Waals surface area contributed by atoms with Gasteiger partial charge in [0.1, 0.15) is 11.9 Å². The highest BCUT2D eigenvalue weighted by Crippen LogP contribution is 2.32. The molecule has 2 N–H and O–H groups in total. The molecule has 1 aliphatic heterocycles. The lowest BCUT2D eigenvalue weighted by molar-refractivity contribution is -0.0475. The van der Waals surface area contributed by atoms with E-state index in [4.69, 9.17) is 9.47 Å². The van der Waals surface area contributed by atoms with E-state index in [2.05, 4.69) is 10.6 Å². The molecule has 0 unspecified atom stereocenters. The van der Waals surface area contributed by atoms with E-state index in [-0.39, 0.29) is 5.54 Å². The van der Waals surface area contributed by atoms with Crippen LogP contribution in [0.2, 0.25) is 0 Å². The monoisotopic (exact) mass is 338 g/mol. The number of benzene rings is 1. The third kappa shape index (κ3) is 4.60. The van der Waals surface area contributed by atoms with Crippen molar-refractivity contribution >= 4 is 6.09 Å². The topological polar surface area (TPSA) is 59.6 Å². The van der Waals surface area contributed by atoms with E-state index >= 15 is 0 Å². The Hall–Kier alpha value is -1.82. The fourth-order valence-corrected chi connectivity index (χ4v) is 3.26. The Morgan fingerprint density at radius 2 is 1.92 bits per heavy atom. The Morgan fingerprint density at radius 3 is 2.50 bits per heavy atom. The van der Waals surface area contributed by atoms with Crippen LogP contribution in [-0.4, -0.2) is 36.6 Å². The summed E-state index contributed by atoms with van der Waals surface area (Å²) < 4.78 is 25.0. The van der Waals surface area contributed by atoms with Gasteiger partial charge in [-0.15, -0.1) is 0 Å². The van der Waals surface area contributed by atoms with Gasteiger partial charge in [-0.1, -0.05) is 12.1 Å². The van der Waals surface area contributed by atoms with Crippen molar-refractivity contribution in [2.45, 2.75) is 64.0 Å². The van der Waals surface area contributed by atoms with Crippen LogP contribution in [0.4, 0.5) is 9.18 Å². The SMILES string of the molecule is COc1ccc(CNC(=O)O[C@@H]2CC(C)(C)NC(C)(C)[C@H]2F)cc1. The van der Waals surface area contributed by atoms with Crippen LogP contribution in [0.3, 0.4) is 0 Å². The summed E-state index contributed by atoms with van der Waals surface area (Å²) in [6.45, 7) is 7.84. The van der Waals surface area contributed by atoms with Gasteiger partial charge in [-0.3, -0.25) is 0 Å². The largest absolute Gasteiger partial charge is 0.497 e. The molecule has 0 saturated carbocycles. The molecule has 2 atom stereocenters. The summed E-state index contributed by atoms with van der Waals surface area (Å²) in [6.07, 6.45) is -2.22. The number of piperidine rings is 1. The normalized spacial score (nSPS) is 24.9. The molecule has 6 heteroatoms. The van der Waals surface area contributed by atoms with Crippen molar-refractivity contribution in [2.24, 2.45) is 0 Å². The molecule has 1 aliphatic rings. The molecular formula is C18H27FN2O3. The molecule has 1 aromatic carbocycles. The predicted octanol–water partition coefficient (Wildman–Crippen LogP) is 3.18. The van der Waals surface area contributed by atoms with Crippen LogP contribution in [0.25, 0.3) is 0 Å². The van der Waals surface area contributed by atoms with Gasteiger partial charge in [-0.2, -0.15) is 0 Å². The second-order valence-electron chi connectivity index (χ2n) is 7.48. The minimum atomic E-state index is -1.27. The van der Waals surface area contributed by atoms with Crippen molar-refractivity contribution in [1.82, 2.24) is 10.6 Å². The summed E-state index contributed by atoms with van der Waals surface area (Å²) in [5, 5.41) is 5.92. The zero-order valence-corrected chi connectivity index (χ0v) is 15.0. The first-order valence-electron chi connectivity index (χ1n) is 8.14. The van der Waals surface area contributed by atoms with E-state index in [1.165, 1.54) is 0 Å². The number of nitrogens with one attached hydrogen (secondary N) is 2. The molecule has 5 nitrogen and oxygen atoms in total. The fraction of sp³-hybridized carbons (Fsp3) is 0.611. The Labute approximate surface area is 142 Å².